The number of nitrogens with zero attached hydrogens (tertiary/aromatic N) is 3. The standard InChI is InChI=1S/C20H17BrCl2N4O2S/c1-2-27-18(10-19(29)24-14-7-8-15(22)16(23)9-14)25-26-20(27)30-11-17(28)12-3-5-13(21)6-4-12/h3-9H,2,10-11H2,1H3,(H,24,29). The van der Waals surface area contributed by atoms with Crippen molar-refractivity contribution in [3.05, 3.63) is 68.4 Å². The lowest BCUT2D eigenvalue weighted by molar-refractivity contribution is -0.115. The number of aromatic nitrogens is 3. The van der Waals surface area contributed by atoms with Crippen LogP contribution in [0.2, 0.25) is 10.0 Å². The molecule has 0 aliphatic heterocycles. The maximum atomic E-state index is 12.4. The van der Waals surface area contributed by atoms with Crippen LogP contribution in [0.15, 0.2) is 52.1 Å². The molecule has 1 N–H and O–H groups in total. The van der Waals surface area contributed by atoms with Gasteiger partial charge in [0.1, 0.15) is 5.82 Å². The summed E-state index contributed by atoms with van der Waals surface area (Å²) in [5, 5.41) is 12.4. The minimum atomic E-state index is -0.252. The fourth-order valence-electron chi connectivity index (χ4n) is 2.65. The van der Waals surface area contributed by atoms with Gasteiger partial charge in [0, 0.05) is 22.3 Å². The van der Waals surface area contributed by atoms with Gasteiger partial charge in [0.2, 0.25) is 5.91 Å². The van der Waals surface area contributed by atoms with Crippen LogP contribution in [0.4, 0.5) is 5.69 Å². The van der Waals surface area contributed by atoms with Gasteiger partial charge in [0.25, 0.3) is 0 Å². The average molecular weight is 528 g/mol. The van der Waals surface area contributed by atoms with E-state index in [0.29, 0.717) is 38.8 Å². The zero-order valence-electron chi connectivity index (χ0n) is 15.9. The summed E-state index contributed by atoms with van der Waals surface area (Å²) in [5.41, 5.74) is 1.18. The molecule has 0 unspecified atom stereocenters. The van der Waals surface area contributed by atoms with Gasteiger partial charge in [0.15, 0.2) is 10.9 Å². The Morgan fingerprint density at radius 3 is 2.50 bits per heavy atom. The summed E-state index contributed by atoms with van der Waals surface area (Å²) < 4.78 is 2.75. The first-order chi connectivity index (χ1) is 14.4. The van der Waals surface area contributed by atoms with Gasteiger partial charge < -0.3 is 9.88 Å². The number of rotatable bonds is 8. The van der Waals surface area contributed by atoms with Gasteiger partial charge in [-0.1, -0.05) is 63.0 Å². The molecule has 0 aliphatic rings. The van der Waals surface area contributed by atoms with E-state index in [0.717, 1.165) is 4.47 Å². The van der Waals surface area contributed by atoms with Crippen molar-refractivity contribution in [1.29, 1.82) is 0 Å². The lowest BCUT2D eigenvalue weighted by Gasteiger charge is -2.08. The molecule has 0 atom stereocenters. The molecular weight excluding hydrogens is 511 g/mol. The molecule has 3 rings (SSSR count). The molecule has 0 radical (unpaired) electrons. The molecule has 2 aromatic carbocycles. The number of nitrogens with one attached hydrogen (secondary N) is 1. The zero-order valence-corrected chi connectivity index (χ0v) is 19.8. The molecule has 0 saturated carbocycles. The lowest BCUT2D eigenvalue weighted by atomic mass is 10.2. The second-order valence-corrected chi connectivity index (χ2v) is 8.89. The normalized spacial score (nSPS) is 10.8. The number of carbonyl (C=O) groups excluding carboxylic acids is 2. The highest BCUT2D eigenvalue weighted by Gasteiger charge is 2.17. The molecular formula is C20H17BrCl2N4O2S. The summed E-state index contributed by atoms with van der Waals surface area (Å²) in [7, 11) is 0. The Bertz CT molecular complexity index is 1070. The number of halogens is 3. The molecule has 0 fully saturated rings. The molecule has 1 amide bonds. The van der Waals surface area contributed by atoms with E-state index < -0.39 is 0 Å². The van der Waals surface area contributed by atoms with Crippen molar-refractivity contribution in [2.45, 2.75) is 25.0 Å². The van der Waals surface area contributed by atoms with Crippen molar-refractivity contribution in [3.63, 3.8) is 0 Å². The van der Waals surface area contributed by atoms with Crippen molar-refractivity contribution in [3.8, 4) is 0 Å². The van der Waals surface area contributed by atoms with E-state index in [1.807, 2.05) is 23.6 Å². The van der Waals surface area contributed by atoms with E-state index in [1.54, 1.807) is 30.3 Å². The highest BCUT2D eigenvalue weighted by atomic mass is 79.9. The van der Waals surface area contributed by atoms with Crippen LogP contribution in [0.5, 0.6) is 0 Å². The maximum Gasteiger partial charge on any atom is 0.232 e. The van der Waals surface area contributed by atoms with E-state index in [-0.39, 0.29) is 23.9 Å². The summed E-state index contributed by atoms with van der Waals surface area (Å²) in [6, 6.07) is 12.1. The number of benzene rings is 2. The van der Waals surface area contributed by atoms with E-state index in [1.165, 1.54) is 11.8 Å². The van der Waals surface area contributed by atoms with Gasteiger partial charge in [-0.2, -0.15) is 0 Å². The van der Waals surface area contributed by atoms with Crippen molar-refractivity contribution in [2.75, 3.05) is 11.1 Å². The third-order valence-electron chi connectivity index (χ3n) is 4.13. The van der Waals surface area contributed by atoms with Crippen LogP contribution in [0.25, 0.3) is 0 Å². The van der Waals surface area contributed by atoms with Gasteiger partial charge in [-0.3, -0.25) is 9.59 Å². The number of carbonyl (C=O) groups is 2. The highest BCUT2D eigenvalue weighted by Crippen LogP contribution is 2.25. The molecule has 156 valence electrons. The van der Waals surface area contributed by atoms with Crippen molar-refractivity contribution in [1.82, 2.24) is 14.8 Å². The van der Waals surface area contributed by atoms with Crippen molar-refractivity contribution >= 4 is 68.3 Å². The van der Waals surface area contributed by atoms with Gasteiger partial charge >= 0.3 is 0 Å². The number of hydrogen-bond donors (Lipinski definition) is 1. The summed E-state index contributed by atoms with van der Waals surface area (Å²) in [4.78, 5) is 24.8. The first kappa shape index (κ1) is 22.8. The second-order valence-electron chi connectivity index (χ2n) is 6.22. The van der Waals surface area contributed by atoms with Crippen LogP contribution in [-0.4, -0.2) is 32.2 Å². The van der Waals surface area contributed by atoms with Gasteiger partial charge in [-0.25, -0.2) is 0 Å². The monoisotopic (exact) mass is 526 g/mol. The third kappa shape index (κ3) is 5.85. The fourth-order valence-corrected chi connectivity index (χ4v) is 4.12. The second kappa shape index (κ2) is 10.4. The van der Waals surface area contributed by atoms with Crippen LogP contribution in [0.3, 0.4) is 0 Å². The van der Waals surface area contributed by atoms with Crippen molar-refractivity contribution in [2.24, 2.45) is 0 Å². The largest absolute Gasteiger partial charge is 0.326 e. The molecule has 0 spiro atoms. The Balaban J connectivity index is 1.63. The summed E-state index contributed by atoms with van der Waals surface area (Å²) in [5.74, 6) is 0.499. The van der Waals surface area contributed by atoms with Crippen LogP contribution in [0.1, 0.15) is 23.1 Å². The number of Topliss-reactive ketones (excluding diaryl/α,β-unsaturated/α-hetero) is 1. The van der Waals surface area contributed by atoms with Crippen LogP contribution < -0.4 is 5.32 Å². The molecule has 6 nitrogen and oxygen atoms in total. The van der Waals surface area contributed by atoms with E-state index in [2.05, 4.69) is 31.4 Å². The van der Waals surface area contributed by atoms with Gasteiger partial charge in [-0.15, -0.1) is 10.2 Å². The molecule has 0 aliphatic carbocycles. The SMILES string of the molecule is CCn1c(CC(=O)Nc2ccc(Cl)c(Cl)c2)nnc1SCC(=O)c1ccc(Br)cc1. The zero-order chi connectivity index (χ0) is 21.7. The quantitative estimate of drug-likeness (QED) is 0.308. The first-order valence-electron chi connectivity index (χ1n) is 8.96. The Kier molecular flexibility index (Phi) is 7.93. The van der Waals surface area contributed by atoms with Crippen LogP contribution in [0, 0.1) is 0 Å². The Hall–Kier alpha value is -1.87. The molecule has 10 heteroatoms. The van der Waals surface area contributed by atoms with E-state index in [9.17, 15) is 9.59 Å². The number of amides is 1. The minimum absolute atomic E-state index is 0.00272. The predicted molar refractivity (Wildman–Crippen MR) is 124 cm³/mol. The van der Waals surface area contributed by atoms with E-state index in [4.69, 9.17) is 23.2 Å². The molecule has 0 bridgehead atoms. The first-order valence-corrected chi connectivity index (χ1v) is 11.5. The Labute approximate surface area is 196 Å². The van der Waals surface area contributed by atoms with E-state index >= 15 is 0 Å². The topological polar surface area (TPSA) is 76.9 Å². The number of hydrogen-bond acceptors (Lipinski definition) is 5. The molecule has 3 aromatic rings. The summed E-state index contributed by atoms with van der Waals surface area (Å²) >= 11 is 16.5. The fraction of sp³-hybridized carbons (Fsp3) is 0.200. The average Bonchev–Trinajstić information content (AvgIpc) is 3.10. The lowest BCUT2D eigenvalue weighted by Crippen LogP contribution is -2.17. The molecule has 1 heterocycles. The van der Waals surface area contributed by atoms with Crippen molar-refractivity contribution < 1.29 is 9.59 Å². The summed E-state index contributed by atoms with van der Waals surface area (Å²) in [6.45, 7) is 2.52. The molecule has 1 aromatic heterocycles. The van der Waals surface area contributed by atoms with Crippen LogP contribution >= 0.6 is 50.9 Å². The minimum Gasteiger partial charge on any atom is -0.326 e. The molecule has 30 heavy (non-hydrogen) atoms. The smallest absolute Gasteiger partial charge is 0.232 e. The molecule has 0 saturated heterocycles. The Morgan fingerprint density at radius 2 is 1.83 bits per heavy atom. The number of anilines is 1. The Morgan fingerprint density at radius 1 is 1.10 bits per heavy atom. The van der Waals surface area contributed by atoms with Crippen LogP contribution in [-0.2, 0) is 17.8 Å². The van der Waals surface area contributed by atoms with Gasteiger partial charge in [0.05, 0.1) is 22.2 Å². The third-order valence-corrected chi connectivity index (χ3v) is 6.36. The number of ketones is 1. The summed E-state index contributed by atoms with van der Waals surface area (Å²) in [6.07, 6.45) is 0.0440. The maximum absolute atomic E-state index is 12.4. The predicted octanol–water partition coefficient (Wildman–Crippen LogP) is 5.52. The highest BCUT2D eigenvalue weighted by molar-refractivity contribution is 9.10. The van der Waals surface area contributed by atoms with Gasteiger partial charge in [-0.05, 0) is 37.3 Å². The number of thioether (sulfide) groups is 1.